The van der Waals surface area contributed by atoms with E-state index in [9.17, 15) is 4.79 Å². The lowest BCUT2D eigenvalue weighted by Crippen LogP contribution is -2.28. The summed E-state index contributed by atoms with van der Waals surface area (Å²) in [4.78, 5) is 21.2. The molecule has 1 aliphatic rings. The van der Waals surface area contributed by atoms with Gasteiger partial charge in [0.05, 0.1) is 29.1 Å². The quantitative estimate of drug-likeness (QED) is 0.364. The number of carbonyl (C=O) groups is 1. The van der Waals surface area contributed by atoms with Crippen LogP contribution in [0.2, 0.25) is 0 Å². The molecule has 6 nitrogen and oxygen atoms in total. The van der Waals surface area contributed by atoms with Crippen LogP contribution in [0, 0.1) is 11.3 Å². The van der Waals surface area contributed by atoms with E-state index in [1.54, 1.807) is 23.8 Å². The summed E-state index contributed by atoms with van der Waals surface area (Å²) in [6.45, 7) is 7.23. The van der Waals surface area contributed by atoms with Crippen molar-refractivity contribution >= 4 is 50.3 Å². The predicted octanol–water partition coefficient (Wildman–Crippen LogP) is 6.59. The summed E-state index contributed by atoms with van der Waals surface area (Å²) in [5.74, 6) is 2.56. The number of nitrogens with zero attached hydrogens (tertiary/aromatic N) is 2. The molecule has 1 aliphatic carbocycles. The molecule has 0 saturated heterocycles. The van der Waals surface area contributed by atoms with Gasteiger partial charge < -0.3 is 19.1 Å². The first-order valence-electron chi connectivity index (χ1n) is 11.1. The largest absolute Gasteiger partial charge is 0.467 e. The zero-order valence-corrected chi connectivity index (χ0v) is 22.1. The normalized spacial score (nSPS) is 16.2. The molecule has 33 heavy (non-hydrogen) atoms. The molecule has 0 fully saturated rings. The van der Waals surface area contributed by atoms with Gasteiger partial charge in [-0.15, -0.1) is 11.3 Å². The van der Waals surface area contributed by atoms with Gasteiger partial charge in [0.15, 0.2) is 0 Å². The number of aliphatic imine (C=N–C) groups is 1. The Kier molecular flexibility index (Phi) is 6.86. The molecule has 0 saturated carbocycles. The minimum atomic E-state index is -0.111. The fraction of sp³-hybridized carbons (Fsp3) is 0.440. The summed E-state index contributed by atoms with van der Waals surface area (Å²) in [6, 6.07) is 5.56. The third-order valence-corrected chi connectivity index (χ3v) is 7.84. The number of amides is 1. The molecule has 3 heterocycles. The van der Waals surface area contributed by atoms with Crippen molar-refractivity contribution < 1.29 is 13.6 Å². The van der Waals surface area contributed by atoms with E-state index in [4.69, 9.17) is 13.8 Å². The Morgan fingerprint density at radius 1 is 1.39 bits per heavy atom. The zero-order chi connectivity index (χ0) is 23.8. The van der Waals surface area contributed by atoms with Crippen LogP contribution in [-0.4, -0.2) is 26.2 Å². The summed E-state index contributed by atoms with van der Waals surface area (Å²) in [7, 11) is 3.84. The maximum atomic E-state index is 13.3. The number of anilines is 1. The molecule has 4 rings (SSSR count). The van der Waals surface area contributed by atoms with Gasteiger partial charge >= 0.3 is 0 Å². The second kappa shape index (κ2) is 9.50. The lowest BCUT2D eigenvalue weighted by molar-refractivity contribution is 0.0947. The summed E-state index contributed by atoms with van der Waals surface area (Å²) in [5.41, 5.74) is 2.05. The van der Waals surface area contributed by atoms with Gasteiger partial charge in [-0.1, -0.05) is 20.8 Å². The average Bonchev–Trinajstić information content (AvgIpc) is 3.47. The van der Waals surface area contributed by atoms with Crippen molar-refractivity contribution in [2.24, 2.45) is 16.3 Å². The van der Waals surface area contributed by atoms with E-state index in [0.717, 1.165) is 45.9 Å². The molecule has 0 bridgehead atoms. The van der Waals surface area contributed by atoms with Crippen LogP contribution >= 0.6 is 27.3 Å². The van der Waals surface area contributed by atoms with Crippen molar-refractivity contribution in [3.8, 4) is 0 Å². The molecular weight excluding hydrogens is 502 g/mol. The Balaban J connectivity index is 1.65. The molecule has 0 aromatic carbocycles. The van der Waals surface area contributed by atoms with E-state index >= 15 is 0 Å². The second-order valence-corrected chi connectivity index (χ2v) is 11.6. The van der Waals surface area contributed by atoms with Crippen molar-refractivity contribution in [1.82, 2.24) is 5.32 Å². The van der Waals surface area contributed by atoms with Crippen LogP contribution in [0.3, 0.4) is 0 Å². The minimum absolute atomic E-state index is 0.111. The number of nitrogens with one attached hydrogen (secondary N) is 1. The van der Waals surface area contributed by atoms with Crippen LogP contribution in [0.1, 0.15) is 59.5 Å². The molecule has 0 radical (unpaired) electrons. The molecule has 3 aromatic rings. The van der Waals surface area contributed by atoms with Crippen LogP contribution in [0.25, 0.3) is 0 Å². The van der Waals surface area contributed by atoms with Crippen molar-refractivity contribution in [2.75, 3.05) is 19.0 Å². The Labute approximate surface area is 207 Å². The zero-order valence-electron chi connectivity index (χ0n) is 19.7. The van der Waals surface area contributed by atoms with Gasteiger partial charge in [0.25, 0.3) is 5.91 Å². The molecule has 1 atom stereocenters. The molecule has 1 amide bonds. The third kappa shape index (κ3) is 5.27. The van der Waals surface area contributed by atoms with E-state index in [0.29, 0.717) is 23.8 Å². The second-order valence-electron chi connectivity index (χ2n) is 9.71. The molecule has 1 N–H and O–H groups in total. The van der Waals surface area contributed by atoms with Crippen molar-refractivity contribution in [1.29, 1.82) is 0 Å². The predicted molar refractivity (Wildman–Crippen MR) is 137 cm³/mol. The fourth-order valence-corrected chi connectivity index (χ4v) is 6.10. The Hall–Kier alpha value is -2.32. The summed E-state index contributed by atoms with van der Waals surface area (Å²) < 4.78 is 12.1. The van der Waals surface area contributed by atoms with Gasteiger partial charge in [-0.05, 0) is 64.2 Å². The van der Waals surface area contributed by atoms with Gasteiger partial charge in [-0.2, -0.15) is 0 Å². The molecular formula is C25H30BrN3O3S. The van der Waals surface area contributed by atoms with Crippen molar-refractivity contribution in [2.45, 2.75) is 46.6 Å². The van der Waals surface area contributed by atoms with Crippen molar-refractivity contribution in [3.05, 3.63) is 56.5 Å². The molecule has 3 aromatic heterocycles. The van der Waals surface area contributed by atoms with Crippen LogP contribution in [0.15, 0.2) is 42.8 Å². The molecule has 176 valence electrons. The summed E-state index contributed by atoms with van der Waals surface area (Å²) in [6.07, 6.45) is 6.25. The van der Waals surface area contributed by atoms with Gasteiger partial charge in [0.2, 0.25) is 5.88 Å². The van der Waals surface area contributed by atoms with Gasteiger partial charge in [0, 0.05) is 25.0 Å². The lowest BCUT2D eigenvalue weighted by atomic mass is 9.72. The highest BCUT2D eigenvalue weighted by Crippen LogP contribution is 2.45. The highest BCUT2D eigenvalue weighted by atomic mass is 79.9. The van der Waals surface area contributed by atoms with Crippen molar-refractivity contribution in [3.63, 3.8) is 0 Å². The van der Waals surface area contributed by atoms with E-state index < -0.39 is 0 Å². The number of hydrogen-bond donors (Lipinski definition) is 1. The Morgan fingerprint density at radius 2 is 2.18 bits per heavy atom. The standard InChI is InChI=1S/C25H30BrN3O3S/c1-25(2,3)15-8-9-18-20(11-15)33-23(21(18)22(30)27-13-16-7-6-10-31-16)28-14-17-12-19(26)24(32-17)29(4)5/h6-7,10,12,14-15H,8-9,11,13H2,1-5H3,(H,27,30)/t15-/m0/s1. The SMILES string of the molecule is CN(C)c1oc(C=Nc2sc3c(c2C(=O)NCc2ccco2)CC[C@H](C(C)(C)C)C3)cc1Br. The molecule has 8 heteroatoms. The van der Waals surface area contributed by atoms with E-state index in [2.05, 4.69) is 42.0 Å². The smallest absolute Gasteiger partial charge is 0.255 e. The summed E-state index contributed by atoms with van der Waals surface area (Å²) in [5, 5.41) is 3.74. The van der Waals surface area contributed by atoms with Crippen LogP contribution in [0.5, 0.6) is 0 Å². The monoisotopic (exact) mass is 531 g/mol. The van der Waals surface area contributed by atoms with E-state index in [1.807, 2.05) is 37.2 Å². The van der Waals surface area contributed by atoms with Gasteiger partial charge in [-0.25, -0.2) is 4.99 Å². The van der Waals surface area contributed by atoms with Gasteiger partial charge in [-0.3, -0.25) is 4.79 Å². The molecule has 0 unspecified atom stereocenters. The number of rotatable bonds is 6. The number of furan rings is 2. The average molecular weight is 533 g/mol. The fourth-order valence-electron chi connectivity index (χ4n) is 4.17. The third-order valence-electron chi connectivity index (χ3n) is 6.10. The molecule has 0 spiro atoms. The van der Waals surface area contributed by atoms with Crippen LogP contribution < -0.4 is 10.2 Å². The Bertz CT molecular complexity index is 1150. The van der Waals surface area contributed by atoms with Gasteiger partial charge in [0.1, 0.15) is 16.5 Å². The highest BCUT2D eigenvalue weighted by molar-refractivity contribution is 9.10. The van der Waals surface area contributed by atoms with E-state index in [-0.39, 0.29) is 11.3 Å². The first-order chi connectivity index (χ1) is 15.6. The first kappa shape index (κ1) is 23.8. The topological polar surface area (TPSA) is 71.0 Å². The first-order valence-corrected chi connectivity index (χ1v) is 12.7. The lowest BCUT2D eigenvalue weighted by Gasteiger charge is -2.33. The maximum absolute atomic E-state index is 13.3. The molecule has 0 aliphatic heterocycles. The number of hydrogen-bond acceptors (Lipinski definition) is 6. The van der Waals surface area contributed by atoms with E-state index in [1.165, 1.54) is 4.88 Å². The minimum Gasteiger partial charge on any atom is -0.467 e. The Morgan fingerprint density at radius 3 is 2.82 bits per heavy atom. The summed E-state index contributed by atoms with van der Waals surface area (Å²) >= 11 is 5.15. The van der Waals surface area contributed by atoms with Crippen LogP contribution in [0.4, 0.5) is 10.9 Å². The highest BCUT2D eigenvalue weighted by Gasteiger charge is 2.33. The number of fused-ring (bicyclic) bond motifs is 1. The number of thiophene rings is 1. The number of halogens is 1. The maximum Gasteiger partial charge on any atom is 0.255 e. The van der Waals surface area contributed by atoms with Crippen LogP contribution in [-0.2, 0) is 19.4 Å². The number of carbonyl (C=O) groups excluding carboxylic acids is 1.